The van der Waals surface area contributed by atoms with Gasteiger partial charge in [-0.05, 0) is 17.7 Å². The first-order valence-electron chi connectivity index (χ1n) is 4.92. The number of aldehydes is 1. The minimum Gasteiger partial charge on any atom is -0.296 e. The third kappa shape index (κ3) is 2.00. The average Bonchev–Trinajstić information content (AvgIpc) is 2.62. The number of rotatable bonds is 3. The second-order valence-corrected chi connectivity index (χ2v) is 3.57. The molecule has 0 radical (unpaired) electrons. The van der Waals surface area contributed by atoms with Gasteiger partial charge >= 0.3 is 0 Å². The highest BCUT2D eigenvalue weighted by Crippen LogP contribution is 2.12. The van der Waals surface area contributed by atoms with Crippen molar-refractivity contribution in [3.63, 3.8) is 0 Å². The van der Waals surface area contributed by atoms with Crippen molar-refractivity contribution in [1.82, 2.24) is 9.78 Å². The molecule has 0 aliphatic carbocycles. The van der Waals surface area contributed by atoms with E-state index in [1.807, 2.05) is 0 Å². The zero-order valence-electron chi connectivity index (χ0n) is 8.85. The summed E-state index contributed by atoms with van der Waals surface area (Å²) < 4.78 is 14.8. The van der Waals surface area contributed by atoms with Crippen LogP contribution in [0.4, 0.5) is 4.39 Å². The summed E-state index contributed by atoms with van der Waals surface area (Å²) in [6.07, 6.45) is 1.13. The lowest BCUT2D eigenvalue weighted by Crippen LogP contribution is -1.97. The number of aromatic nitrogens is 2. The molecule has 2 aromatic rings. The fourth-order valence-electron chi connectivity index (χ4n) is 1.58. The Kier molecular flexibility index (Phi) is 2.81. The van der Waals surface area contributed by atoms with Crippen molar-refractivity contribution in [2.45, 2.75) is 6.42 Å². The summed E-state index contributed by atoms with van der Waals surface area (Å²) in [5.74, 6) is -0.249. The van der Waals surface area contributed by atoms with Gasteiger partial charge in [-0.15, -0.1) is 0 Å². The summed E-state index contributed by atoms with van der Waals surface area (Å²) in [4.78, 5) is 10.6. The lowest BCUT2D eigenvalue weighted by atomic mass is 10.1. The van der Waals surface area contributed by atoms with Crippen LogP contribution >= 0.6 is 0 Å². The Bertz CT molecular complexity index is 519. The number of carbonyl (C=O) groups is 1. The number of hydrogen-bond donors (Lipinski definition) is 0. The molecule has 0 unspecified atom stereocenters. The van der Waals surface area contributed by atoms with Crippen LogP contribution in [0.1, 0.15) is 21.7 Å². The number of aryl methyl sites for hydroxylation is 1. The van der Waals surface area contributed by atoms with E-state index < -0.39 is 0 Å². The zero-order chi connectivity index (χ0) is 11.5. The van der Waals surface area contributed by atoms with Gasteiger partial charge in [0, 0.05) is 13.5 Å². The summed E-state index contributed by atoms with van der Waals surface area (Å²) >= 11 is 0. The predicted octanol–water partition coefficient (Wildman–Crippen LogP) is 1.96. The molecule has 3 nitrogen and oxygen atoms in total. The Hall–Kier alpha value is -1.97. The Morgan fingerprint density at radius 3 is 2.81 bits per heavy atom. The number of nitrogens with zero attached hydrogens (tertiary/aromatic N) is 2. The largest absolute Gasteiger partial charge is 0.296 e. The molecule has 0 spiro atoms. The van der Waals surface area contributed by atoms with E-state index in [9.17, 15) is 9.18 Å². The van der Waals surface area contributed by atoms with Crippen LogP contribution < -0.4 is 0 Å². The molecule has 0 saturated heterocycles. The fourth-order valence-corrected chi connectivity index (χ4v) is 1.58. The molecule has 1 aromatic heterocycles. The predicted molar refractivity (Wildman–Crippen MR) is 57.8 cm³/mol. The second kappa shape index (κ2) is 4.26. The van der Waals surface area contributed by atoms with E-state index in [1.54, 1.807) is 31.3 Å². The number of hydrogen-bond acceptors (Lipinski definition) is 2. The first-order chi connectivity index (χ1) is 7.70. The first kappa shape index (κ1) is 10.5. The Morgan fingerprint density at radius 2 is 2.19 bits per heavy atom. The molecule has 4 heteroatoms. The van der Waals surface area contributed by atoms with E-state index in [4.69, 9.17) is 0 Å². The smallest absolute Gasteiger partial charge is 0.168 e. The van der Waals surface area contributed by atoms with Crippen LogP contribution in [0.2, 0.25) is 0 Å². The van der Waals surface area contributed by atoms with Crippen LogP contribution in [0.5, 0.6) is 0 Å². The fraction of sp³-hybridized carbons (Fsp3) is 0.167. The third-order valence-corrected chi connectivity index (χ3v) is 2.42. The highest BCUT2D eigenvalue weighted by atomic mass is 19.1. The van der Waals surface area contributed by atoms with Gasteiger partial charge in [0.05, 0.1) is 5.69 Å². The second-order valence-electron chi connectivity index (χ2n) is 3.57. The molecule has 2 rings (SSSR count). The monoisotopic (exact) mass is 218 g/mol. The van der Waals surface area contributed by atoms with E-state index in [1.165, 1.54) is 10.7 Å². The highest BCUT2D eigenvalue weighted by molar-refractivity contribution is 5.72. The summed E-state index contributed by atoms with van der Waals surface area (Å²) in [7, 11) is 1.69. The molecule has 0 N–H and O–H groups in total. The Balaban J connectivity index is 2.27. The lowest BCUT2D eigenvalue weighted by Gasteiger charge is -1.99. The van der Waals surface area contributed by atoms with Gasteiger partial charge in [-0.1, -0.05) is 18.2 Å². The topological polar surface area (TPSA) is 34.9 Å². The van der Waals surface area contributed by atoms with Gasteiger partial charge in [0.25, 0.3) is 0 Å². The maximum atomic E-state index is 13.4. The molecule has 1 aromatic carbocycles. The van der Waals surface area contributed by atoms with Crippen LogP contribution in [-0.2, 0) is 13.5 Å². The average molecular weight is 218 g/mol. The van der Waals surface area contributed by atoms with Crippen molar-refractivity contribution in [2.75, 3.05) is 0 Å². The van der Waals surface area contributed by atoms with Crippen molar-refractivity contribution >= 4 is 6.29 Å². The maximum absolute atomic E-state index is 13.4. The molecular formula is C12H11FN2O. The van der Waals surface area contributed by atoms with E-state index in [0.29, 0.717) is 23.4 Å². The van der Waals surface area contributed by atoms with Gasteiger partial charge in [-0.25, -0.2) is 4.39 Å². The van der Waals surface area contributed by atoms with Gasteiger partial charge in [-0.2, -0.15) is 5.10 Å². The number of carbonyl (C=O) groups excluding carboxylic acids is 1. The summed E-state index contributed by atoms with van der Waals surface area (Å²) in [6, 6.07) is 8.22. The van der Waals surface area contributed by atoms with Crippen LogP contribution in [0, 0.1) is 5.82 Å². The van der Waals surface area contributed by atoms with Crippen molar-refractivity contribution in [1.29, 1.82) is 0 Å². The molecule has 82 valence electrons. The van der Waals surface area contributed by atoms with Crippen molar-refractivity contribution in [3.8, 4) is 0 Å². The lowest BCUT2D eigenvalue weighted by molar-refractivity contribution is 0.111. The molecular weight excluding hydrogens is 207 g/mol. The molecule has 0 saturated carbocycles. The summed E-state index contributed by atoms with van der Waals surface area (Å²) in [5.41, 5.74) is 1.76. The molecule has 0 bridgehead atoms. The van der Waals surface area contributed by atoms with Gasteiger partial charge in [0.15, 0.2) is 6.29 Å². The molecule has 0 aliphatic rings. The molecule has 1 heterocycles. The van der Waals surface area contributed by atoms with Crippen molar-refractivity contribution in [2.24, 2.45) is 7.05 Å². The van der Waals surface area contributed by atoms with Gasteiger partial charge in [0.1, 0.15) is 11.5 Å². The minimum atomic E-state index is -0.249. The first-order valence-corrected chi connectivity index (χ1v) is 4.92. The third-order valence-electron chi connectivity index (χ3n) is 2.42. The van der Waals surface area contributed by atoms with E-state index >= 15 is 0 Å². The Morgan fingerprint density at radius 1 is 1.44 bits per heavy atom. The molecule has 16 heavy (non-hydrogen) atoms. The zero-order valence-corrected chi connectivity index (χ0v) is 8.85. The standard InChI is InChI=1S/C12H11FN2O/c1-15-11(8-16)7-10(14-15)6-9-4-2-3-5-12(9)13/h2-5,7-8H,6H2,1H3. The quantitative estimate of drug-likeness (QED) is 0.738. The molecule has 0 amide bonds. The van der Waals surface area contributed by atoms with E-state index in [-0.39, 0.29) is 5.82 Å². The van der Waals surface area contributed by atoms with Crippen molar-refractivity contribution in [3.05, 3.63) is 53.1 Å². The van der Waals surface area contributed by atoms with Crippen molar-refractivity contribution < 1.29 is 9.18 Å². The maximum Gasteiger partial charge on any atom is 0.168 e. The van der Waals surface area contributed by atoms with Crippen LogP contribution in [0.3, 0.4) is 0 Å². The van der Waals surface area contributed by atoms with Gasteiger partial charge < -0.3 is 0 Å². The molecule has 0 atom stereocenters. The Labute approximate surface area is 92.5 Å². The summed E-state index contributed by atoms with van der Waals surface area (Å²) in [5, 5.41) is 4.14. The highest BCUT2D eigenvalue weighted by Gasteiger charge is 2.07. The van der Waals surface area contributed by atoms with Gasteiger partial charge in [-0.3, -0.25) is 9.48 Å². The number of halogens is 1. The SMILES string of the molecule is Cn1nc(Cc2ccccc2F)cc1C=O. The van der Waals surface area contributed by atoms with Crippen LogP contribution in [0.25, 0.3) is 0 Å². The van der Waals surface area contributed by atoms with Crippen LogP contribution in [0.15, 0.2) is 30.3 Å². The molecule has 0 fully saturated rings. The van der Waals surface area contributed by atoms with E-state index in [2.05, 4.69) is 5.10 Å². The minimum absolute atomic E-state index is 0.249. The normalized spacial score (nSPS) is 10.4. The molecule has 0 aliphatic heterocycles. The van der Waals surface area contributed by atoms with Gasteiger partial charge in [0.2, 0.25) is 0 Å². The van der Waals surface area contributed by atoms with Crippen LogP contribution in [-0.4, -0.2) is 16.1 Å². The van der Waals surface area contributed by atoms with E-state index in [0.717, 1.165) is 6.29 Å². The number of benzene rings is 1. The summed E-state index contributed by atoms with van der Waals surface area (Å²) in [6.45, 7) is 0.